The van der Waals surface area contributed by atoms with Gasteiger partial charge in [0.05, 0.1) is 11.3 Å². The molecule has 1 N–H and O–H groups in total. The van der Waals surface area contributed by atoms with Crippen LogP contribution in [0.25, 0.3) is 0 Å². The molecule has 0 spiro atoms. The van der Waals surface area contributed by atoms with Crippen LogP contribution in [-0.2, 0) is 13.5 Å². The Bertz CT molecular complexity index is 619. The monoisotopic (exact) mass is 321 g/mol. The molecule has 0 unspecified atom stereocenters. The van der Waals surface area contributed by atoms with Gasteiger partial charge in [0.15, 0.2) is 0 Å². The molecule has 5 heteroatoms. The molecular formula is C14H16BrN3O. The average molecular weight is 322 g/mol. The van der Waals surface area contributed by atoms with Crippen molar-refractivity contribution in [3.63, 3.8) is 0 Å². The zero-order valence-corrected chi connectivity index (χ0v) is 12.8. The molecular weight excluding hydrogens is 306 g/mol. The van der Waals surface area contributed by atoms with E-state index in [1.807, 2.05) is 39.1 Å². The number of hydrogen-bond donors (Lipinski definition) is 1. The van der Waals surface area contributed by atoms with Crippen LogP contribution in [0.15, 0.2) is 28.9 Å². The summed E-state index contributed by atoms with van der Waals surface area (Å²) in [6, 6.07) is 5.75. The first-order chi connectivity index (χ1) is 9.01. The topological polar surface area (TPSA) is 46.9 Å². The summed E-state index contributed by atoms with van der Waals surface area (Å²) in [5, 5.41) is 7.16. The van der Waals surface area contributed by atoms with Crippen molar-refractivity contribution in [2.24, 2.45) is 7.05 Å². The van der Waals surface area contributed by atoms with E-state index in [1.54, 1.807) is 10.9 Å². The van der Waals surface area contributed by atoms with Crippen LogP contribution in [0, 0.1) is 6.92 Å². The minimum Gasteiger partial charge on any atom is -0.322 e. The fraction of sp³-hybridized carbons (Fsp3) is 0.286. The zero-order chi connectivity index (χ0) is 14.0. The summed E-state index contributed by atoms with van der Waals surface area (Å²) >= 11 is 3.46. The molecule has 1 heterocycles. The molecule has 0 aliphatic carbocycles. The number of halogens is 1. The first-order valence-electron chi connectivity index (χ1n) is 6.11. The molecule has 1 amide bonds. The number of hydrogen-bond acceptors (Lipinski definition) is 2. The van der Waals surface area contributed by atoms with Crippen molar-refractivity contribution in [2.75, 3.05) is 5.32 Å². The van der Waals surface area contributed by atoms with Gasteiger partial charge in [0.2, 0.25) is 0 Å². The first-order valence-corrected chi connectivity index (χ1v) is 6.90. The van der Waals surface area contributed by atoms with E-state index in [-0.39, 0.29) is 5.91 Å². The number of nitrogens with one attached hydrogen (secondary N) is 1. The summed E-state index contributed by atoms with van der Waals surface area (Å²) in [6.45, 7) is 3.99. The molecule has 2 rings (SSSR count). The fourth-order valence-electron chi connectivity index (χ4n) is 1.85. The van der Waals surface area contributed by atoms with Gasteiger partial charge in [-0.1, -0.05) is 28.9 Å². The third-order valence-electron chi connectivity index (χ3n) is 2.91. The lowest BCUT2D eigenvalue weighted by molar-refractivity contribution is 0.102. The smallest absolute Gasteiger partial charge is 0.259 e. The number of aromatic nitrogens is 2. The van der Waals surface area contributed by atoms with Crippen LogP contribution < -0.4 is 5.32 Å². The Morgan fingerprint density at radius 3 is 2.84 bits per heavy atom. The average Bonchev–Trinajstić information content (AvgIpc) is 2.75. The number of amides is 1. The minimum atomic E-state index is -0.124. The minimum absolute atomic E-state index is 0.124. The Morgan fingerprint density at radius 2 is 2.21 bits per heavy atom. The third kappa shape index (κ3) is 3.04. The first kappa shape index (κ1) is 13.8. The van der Waals surface area contributed by atoms with Gasteiger partial charge in [-0.2, -0.15) is 5.10 Å². The van der Waals surface area contributed by atoms with Gasteiger partial charge in [0.25, 0.3) is 5.91 Å². The molecule has 0 aliphatic rings. The van der Waals surface area contributed by atoms with E-state index >= 15 is 0 Å². The Balaban J connectivity index is 2.22. The lowest BCUT2D eigenvalue weighted by Crippen LogP contribution is -2.13. The van der Waals surface area contributed by atoms with Crippen molar-refractivity contribution in [1.82, 2.24) is 9.78 Å². The summed E-state index contributed by atoms with van der Waals surface area (Å²) in [7, 11) is 1.82. The van der Waals surface area contributed by atoms with Crippen LogP contribution in [0.5, 0.6) is 0 Å². The van der Waals surface area contributed by atoms with E-state index < -0.39 is 0 Å². The quantitative estimate of drug-likeness (QED) is 0.942. The van der Waals surface area contributed by atoms with Crippen molar-refractivity contribution >= 4 is 27.5 Å². The molecule has 0 radical (unpaired) electrons. The van der Waals surface area contributed by atoms with Crippen molar-refractivity contribution < 1.29 is 4.79 Å². The van der Waals surface area contributed by atoms with E-state index in [1.165, 1.54) is 0 Å². The van der Waals surface area contributed by atoms with Gasteiger partial charge in [0.1, 0.15) is 0 Å². The van der Waals surface area contributed by atoms with Gasteiger partial charge < -0.3 is 5.32 Å². The summed E-state index contributed by atoms with van der Waals surface area (Å²) < 4.78 is 2.64. The molecule has 0 fully saturated rings. The van der Waals surface area contributed by atoms with Gasteiger partial charge in [-0.25, -0.2) is 0 Å². The zero-order valence-electron chi connectivity index (χ0n) is 11.2. The highest BCUT2D eigenvalue weighted by molar-refractivity contribution is 9.10. The van der Waals surface area contributed by atoms with Gasteiger partial charge in [-0.15, -0.1) is 0 Å². The molecule has 0 aliphatic heterocycles. The Labute approximate surface area is 120 Å². The van der Waals surface area contributed by atoms with Crippen LogP contribution in [0.1, 0.15) is 28.5 Å². The molecule has 1 aromatic carbocycles. The molecule has 0 saturated heterocycles. The van der Waals surface area contributed by atoms with Crippen LogP contribution in [0.2, 0.25) is 0 Å². The van der Waals surface area contributed by atoms with E-state index in [4.69, 9.17) is 0 Å². The fourth-order valence-corrected chi connectivity index (χ4v) is 2.23. The van der Waals surface area contributed by atoms with Crippen LogP contribution in [-0.4, -0.2) is 15.7 Å². The molecule has 0 atom stereocenters. The number of anilines is 1. The third-order valence-corrected chi connectivity index (χ3v) is 3.77. The van der Waals surface area contributed by atoms with Crippen molar-refractivity contribution in [1.29, 1.82) is 0 Å². The number of rotatable bonds is 3. The number of aryl methyl sites for hydroxylation is 3. The maximum absolute atomic E-state index is 12.2. The molecule has 0 bridgehead atoms. The van der Waals surface area contributed by atoms with Crippen LogP contribution >= 0.6 is 15.9 Å². The van der Waals surface area contributed by atoms with Crippen molar-refractivity contribution in [2.45, 2.75) is 20.3 Å². The SMILES string of the molecule is CCc1nn(C)cc1C(=O)Nc1ccc(C)c(Br)c1. The maximum Gasteiger partial charge on any atom is 0.259 e. The second kappa shape index (κ2) is 5.57. The molecule has 100 valence electrons. The molecule has 19 heavy (non-hydrogen) atoms. The highest BCUT2D eigenvalue weighted by Gasteiger charge is 2.14. The number of carbonyl (C=O) groups excluding carboxylic acids is 1. The normalized spacial score (nSPS) is 10.5. The van der Waals surface area contributed by atoms with E-state index in [9.17, 15) is 4.79 Å². The number of nitrogens with zero attached hydrogens (tertiary/aromatic N) is 2. The van der Waals surface area contributed by atoms with Crippen molar-refractivity contribution in [3.05, 3.63) is 45.7 Å². The largest absolute Gasteiger partial charge is 0.322 e. The predicted molar refractivity (Wildman–Crippen MR) is 79.4 cm³/mol. The van der Waals surface area contributed by atoms with Gasteiger partial charge in [-0.3, -0.25) is 9.48 Å². The van der Waals surface area contributed by atoms with E-state index in [0.717, 1.165) is 27.8 Å². The Morgan fingerprint density at radius 1 is 1.47 bits per heavy atom. The molecule has 4 nitrogen and oxygen atoms in total. The number of carbonyl (C=O) groups is 1. The van der Waals surface area contributed by atoms with Crippen molar-refractivity contribution in [3.8, 4) is 0 Å². The Kier molecular flexibility index (Phi) is 4.04. The summed E-state index contributed by atoms with van der Waals surface area (Å²) in [6.07, 6.45) is 2.48. The summed E-state index contributed by atoms with van der Waals surface area (Å²) in [5.74, 6) is -0.124. The van der Waals surface area contributed by atoms with Crippen LogP contribution in [0.3, 0.4) is 0 Å². The second-order valence-corrected chi connectivity index (χ2v) is 5.29. The lowest BCUT2D eigenvalue weighted by Gasteiger charge is -2.06. The van der Waals surface area contributed by atoms with Crippen LogP contribution in [0.4, 0.5) is 5.69 Å². The van der Waals surface area contributed by atoms with Gasteiger partial charge in [-0.05, 0) is 31.0 Å². The van der Waals surface area contributed by atoms with E-state index in [2.05, 4.69) is 26.3 Å². The summed E-state index contributed by atoms with van der Waals surface area (Å²) in [4.78, 5) is 12.2. The summed E-state index contributed by atoms with van der Waals surface area (Å²) in [5.41, 5.74) is 3.34. The molecule has 1 aromatic heterocycles. The van der Waals surface area contributed by atoms with Gasteiger partial charge >= 0.3 is 0 Å². The van der Waals surface area contributed by atoms with Gasteiger partial charge in [0, 0.05) is 23.4 Å². The standard InChI is InChI=1S/C14H16BrN3O/c1-4-13-11(8-18(3)17-13)14(19)16-10-6-5-9(2)12(15)7-10/h5-8H,4H2,1-3H3,(H,16,19). The maximum atomic E-state index is 12.2. The number of benzene rings is 1. The molecule has 2 aromatic rings. The Hall–Kier alpha value is -1.62. The lowest BCUT2D eigenvalue weighted by atomic mass is 10.2. The molecule has 0 saturated carbocycles. The van der Waals surface area contributed by atoms with E-state index in [0.29, 0.717) is 5.56 Å². The highest BCUT2D eigenvalue weighted by Crippen LogP contribution is 2.21. The predicted octanol–water partition coefficient (Wildman–Crippen LogP) is 3.31. The highest BCUT2D eigenvalue weighted by atomic mass is 79.9. The second-order valence-electron chi connectivity index (χ2n) is 4.43.